The van der Waals surface area contributed by atoms with E-state index in [4.69, 9.17) is 0 Å². The fourth-order valence-corrected chi connectivity index (χ4v) is 2.60. The van der Waals surface area contributed by atoms with Gasteiger partial charge in [0.2, 0.25) is 5.43 Å². The van der Waals surface area contributed by atoms with Gasteiger partial charge in [0.25, 0.3) is 11.0 Å². The van der Waals surface area contributed by atoms with Crippen LogP contribution in [-0.4, -0.2) is 14.2 Å². The maximum atomic E-state index is 12.5. The third kappa shape index (κ3) is 2.38. The third-order valence-electron chi connectivity index (χ3n) is 4.11. The van der Waals surface area contributed by atoms with E-state index in [0.717, 1.165) is 14.7 Å². The van der Waals surface area contributed by atoms with Gasteiger partial charge in [-0.3, -0.25) is 23.5 Å². The van der Waals surface area contributed by atoms with Crippen LogP contribution in [0.2, 0.25) is 0 Å². The number of aromatic nitrogens is 2. The van der Waals surface area contributed by atoms with Crippen LogP contribution in [0.25, 0.3) is 11.1 Å². The van der Waals surface area contributed by atoms with Gasteiger partial charge in [-0.2, -0.15) is 0 Å². The molecule has 3 rings (SSSR count). The number of anilines is 2. The lowest BCUT2D eigenvalue weighted by Gasteiger charge is -2.17. The molecule has 1 aromatic heterocycles. The molecule has 3 aromatic rings. The normalized spacial score (nSPS) is 11.0. The molecule has 0 bridgehead atoms. The summed E-state index contributed by atoms with van der Waals surface area (Å²) in [6.07, 6.45) is 0. The Balaban J connectivity index is 2.32. The maximum Gasteiger partial charge on any atom is 0.332 e. The zero-order valence-electron chi connectivity index (χ0n) is 13.8. The summed E-state index contributed by atoms with van der Waals surface area (Å²) in [6.45, 7) is 1.91. The van der Waals surface area contributed by atoms with Crippen molar-refractivity contribution in [1.29, 1.82) is 0 Å². The first-order valence-corrected chi connectivity index (χ1v) is 7.40. The highest BCUT2D eigenvalue weighted by atomic mass is 16.3. The number of rotatable bonds is 3. The Hall–Kier alpha value is -3.42. The Morgan fingerprint density at radius 1 is 0.880 bits per heavy atom. The third-order valence-corrected chi connectivity index (χ3v) is 4.11. The number of nitrogens with zero attached hydrogens (tertiary/aromatic N) is 2. The van der Waals surface area contributed by atoms with Crippen LogP contribution in [0.1, 0.15) is 5.56 Å². The quantitative estimate of drug-likeness (QED) is 0.654. The van der Waals surface area contributed by atoms with Crippen molar-refractivity contribution in [3.8, 4) is 16.9 Å². The van der Waals surface area contributed by atoms with Crippen molar-refractivity contribution in [2.45, 2.75) is 6.92 Å². The van der Waals surface area contributed by atoms with Crippen LogP contribution in [-0.2, 0) is 14.1 Å². The minimum absolute atomic E-state index is 0.0272. The van der Waals surface area contributed by atoms with E-state index >= 15 is 0 Å². The number of hydrogen-bond donors (Lipinski definition) is 2. The van der Waals surface area contributed by atoms with Crippen molar-refractivity contribution in [3.05, 3.63) is 71.1 Å². The van der Waals surface area contributed by atoms with Crippen molar-refractivity contribution in [2.75, 3.05) is 5.32 Å². The largest absolute Gasteiger partial charge is 0.503 e. The van der Waals surface area contributed by atoms with E-state index in [1.54, 1.807) is 12.1 Å². The van der Waals surface area contributed by atoms with Gasteiger partial charge in [-0.25, -0.2) is 4.79 Å². The first kappa shape index (κ1) is 16.4. The van der Waals surface area contributed by atoms with Crippen molar-refractivity contribution >= 4 is 11.5 Å². The fraction of sp³-hybridized carbons (Fsp3) is 0.176. The number of hydrogen-bond acceptors (Lipinski definition) is 6. The van der Waals surface area contributed by atoms with Crippen LogP contribution in [0.15, 0.2) is 43.4 Å². The van der Waals surface area contributed by atoms with Crippen molar-refractivity contribution in [2.24, 2.45) is 14.1 Å². The number of aromatic hydroxyl groups is 1. The Bertz CT molecular complexity index is 1180. The second-order valence-electron chi connectivity index (χ2n) is 5.80. The molecule has 25 heavy (non-hydrogen) atoms. The van der Waals surface area contributed by atoms with Gasteiger partial charge in [0, 0.05) is 19.8 Å². The average Bonchev–Trinajstić information content (AvgIpc) is 2.61. The minimum Gasteiger partial charge on any atom is -0.503 e. The summed E-state index contributed by atoms with van der Waals surface area (Å²) in [4.78, 5) is 48.0. The summed E-state index contributed by atoms with van der Waals surface area (Å²) in [5, 5.41) is 12.7. The SMILES string of the molecule is Cc1ccc(Nc2c(-c3c(O)c(=O)c3=O)c(=O)n(C)c(=O)n2C)cc1. The molecule has 0 aliphatic heterocycles. The molecule has 2 N–H and O–H groups in total. The van der Waals surface area contributed by atoms with Crippen molar-refractivity contribution in [3.63, 3.8) is 0 Å². The van der Waals surface area contributed by atoms with E-state index in [9.17, 15) is 24.3 Å². The zero-order chi connectivity index (χ0) is 18.5. The number of aryl methyl sites for hydroxylation is 1. The highest BCUT2D eigenvalue weighted by molar-refractivity contribution is 5.83. The molecule has 0 fully saturated rings. The first-order chi connectivity index (χ1) is 11.7. The topological polar surface area (TPSA) is 110 Å². The van der Waals surface area contributed by atoms with Crippen LogP contribution in [0.3, 0.4) is 0 Å². The lowest BCUT2D eigenvalue weighted by molar-refractivity contribution is 0.465. The summed E-state index contributed by atoms with van der Waals surface area (Å²) in [5.74, 6) is -0.743. The molecule has 0 saturated heterocycles. The van der Waals surface area contributed by atoms with Gasteiger partial charge in [0.1, 0.15) is 5.82 Å². The molecule has 8 heteroatoms. The molecule has 0 amide bonds. The predicted molar refractivity (Wildman–Crippen MR) is 93.4 cm³/mol. The summed E-state index contributed by atoms with van der Waals surface area (Å²) in [6, 6.07) is 7.14. The molecule has 0 aliphatic carbocycles. The van der Waals surface area contributed by atoms with Gasteiger partial charge in [0.15, 0.2) is 5.75 Å². The lowest BCUT2D eigenvalue weighted by Crippen LogP contribution is -2.42. The van der Waals surface area contributed by atoms with Crippen molar-refractivity contribution in [1.82, 2.24) is 9.13 Å². The second-order valence-corrected chi connectivity index (χ2v) is 5.80. The van der Waals surface area contributed by atoms with Gasteiger partial charge in [-0.15, -0.1) is 0 Å². The Kier molecular flexibility index (Phi) is 3.67. The molecular weight excluding hydrogens is 326 g/mol. The van der Waals surface area contributed by atoms with Crippen LogP contribution >= 0.6 is 0 Å². The second kappa shape index (κ2) is 5.59. The van der Waals surface area contributed by atoms with Gasteiger partial charge in [-0.05, 0) is 19.1 Å². The van der Waals surface area contributed by atoms with Crippen molar-refractivity contribution < 1.29 is 5.11 Å². The molecule has 0 spiro atoms. The zero-order valence-corrected chi connectivity index (χ0v) is 13.8. The first-order valence-electron chi connectivity index (χ1n) is 7.40. The summed E-state index contributed by atoms with van der Waals surface area (Å²) in [5.41, 5.74) is -2.39. The van der Waals surface area contributed by atoms with E-state index in [-0.39, 0.29) is 16.9 Å². The van der Waals surface area contributed by atoms with Crippen LogP contribution in [0.5, 0.6) is 5.75 Å². The summed E-state index contributed by atoms with van der Waals surface area (Å²) >= 11 is 0. The van der Waals surface area contributed by atoms with Gasteiger partial charge < -0.3 is 10.4 Å². The van der Waals surface area contributed by atoms with Gasteiger partial charge >= 0.3 is 5.69 Å². The number of benzene rings is 1. The molecule has 0 saturated carbocycles. The Labute approximate surface area is 140 Å². The monoisotopic (exact) mass is 341 g/mol. The van der Waals surface area contributed by atoms with Crippen LogP contribution < -0.4 is 27.4 Å². The van der Waals surface area contributed by atoms with E-state index in [2.05, 4.69) is 5.32 Å². The van der Waals surface area contributed by atoms with Crippen LogP contribution in [0, 0.1) is 6.92 Å². The van der Waals surface area contributed by atoms with E-state index in [1.807, 2.05) is 19.1 Å². The standard InChI is InChI=1S/C17H15N3O5/c1-8-4-6-9(7-5-8)18-15-11(10-12(21)14(23)13(10)22)16(24)20(3)17(25)19(15)2/h4-7,18,21H,1-3H3. The molecule has 8 nitrogen and oxygen atoms in total. The van der Waals surface area contributed by atoms with Gasteiger partial charge in [-0.1, -0.05) is 17.7 Å². The molecule has 128 valence electrons. The average molecular weight is 341 g/mol. The number of nitrogens with one attached hydrogen (secondary N) is 1. The predicted octanol–water partition coefficient (Wildman–Crippen LogP) is 0.105. The summed E-state index contributed by atoms with van der Waals surface area (Å²) < 4.78 is 1.96. The Morgan fingerprint density at radius 3 is 2.04 bits per heavy atom. The maximum absolute atomic E-state index is 12.5. The van der Waals surface area contributed by atoms with Crippen LogP contribution in [0.4, 0.5) is 11.5 Å². The van der Waals surface area contributed by atoms with E-state index in [0.29, 0.717) is 5.69 Å². The lowest BCUT2D eigenvalue weighted by atomic mass is 10.0. The Morgan fingerprint density at radius 2 is 1.48 bits per heavy atom. The van der Waals surface area contributed by atoms with E-state index in [1.165, 1.54) is 14.1 Å². The fourth-order valence-electron chi connectivity index (χ4n) is 2.60. The van der Waals surface area contributed by atoms with Gasteiger partial charge in [0.05, 0.1) is 11.1 Å². The highest BCUT2D eigenvalue weighted by Gasteiger charge is 2.29. The molecule has 2 aromatic carbocycles. The molecule has 0 unspecified atom stereocenters. The minimum atomic E-state index is -1.05. The molecule has 0 aliphatic rings. The molecule has 0 atom stereocenters. The highest BCUT2D eigenvalue weighted by Crippen LogP contribution is 2.29. The smallest absolute Gasteiger partial charge is 0.332 e. The van der Waals surface area contributed by atoms with E-state index < -0.39 is 27.9 Å². The molecule has 0 radical (unpaired) electrons. The molecule has 1 heterocycles. The molecular formula is C17H15N3O5. The summed E-state index contributed by atoms with van der Waals surface area (Å²) in [7, 11) is 2.68.